The lowest BCUT2D eigenvalue weighted by Gasteiger charge is -2.23. The molecular formula is C13H25NO2. The van der Waals surface area contributed by atoms with E-state index in [1.165, 1.54) is 25.7 Å². The quantitative estimate of drug-likeness (QED) is 0.626. The van der Waals surface area contributed by atoms with Gasteiger partial charge < -0.3 is 9.64 Å². The zero-order valence-corrected chi connectivity index (χ0v) is 10.7. The minimum atomic E-state index is 0.0446. The van der Waals surface area contributed by atoms with Crippen LogP contribution in [-0.4, -0.2) is 30.7 Å². The Kier molecular flexibility index (Phi) is 6.46. The lowest BCUT2D eigenvalue weighted by atomic mass is 10.1. The molecule has 1 aliphatic rings. The number of carbonyl (C=O) groups excluding carboxylic acids is 1. The molecule has 0 aliphatic carbocycles. The van der Waals surface area contributed by atoms with Gasteiger partial charge in [-0.3, -0.25) is 4.79 Å². The summed E-state index contributed by atoms with van der Waals surface area (Å²) in [5.74, 6) is 0.279. The normalized spacial score (nSPS) is 20.4. The van der Waals surface area contributed by atoms with Crippen LogP contribution in [0.1, 0.15) is 58.3 Å². The maximum atomic E-state index is 11.9. The largest absolute Gasteiger partial charge is 0.362 e. The maximum Gasteiger partial charge on any atom is 0.224 e. The van der Waals surface area contributed by atoms with Crippen molar-refractivity contribution in [3.63, 3.8) is 0 Å². The third-order valence-electron chi connectivity index (χ3n) is 3.28. The summed E-state index contributed by atoms with van der Waals surface area (Å²) in [4.78, 5) is 13.8. The van der Waals surface area contributed by atoms with Crippen molar-refractivity contribution >= 4 is 5.91 Å². The Morgan fingerprint density at radius 3 is 2.75 bits per heavy atom. The van der Waals surface area contributed by atoms with Crippen LogP contribution >= 0.6 is 0 Å². The fourth-order valence-electron chi connectivity index (χ4n) is 2.29. The average Bonchev–Trinajstić information content (AvgIpc) is 2.76. The monoisotopic (exact) mass is 227 g/mol. The lowest BCUT2D eigenvalue weighted by Crippen LogP contribution is -2.36. The lowest BCUT2D eigenvalue weighted by molar-refractivity contribution is -0.140. The molecule has 16 heavy (non-hydrogen) atoms. The van der Waals surface area contributed by atoms with E-state index >= 15 is 0 Å². The Morgan fingerprint density at radius 2 is 2.06 bits per heavy atom. The molecule has 0 bridgehead atoms. The molecule has 0 aromatic heterocycles. The molecule has 1 heterocycles. The van der Waals surface area contributed by atoms with E-state index in [2.05, 4.69) is 6.92 Å². The van der Waals surface area contributed by atoms with Gasteiger partial charge in [0, 0.05) is 20.1 Å². The highest BCUT2D eigenvalue weighted by molar-refractivity contribution is 5.76. The van der Waals surface area contributed by atoms with Crippen LogP contribution < -0.4 is 0 Å². The number of methoxy groups -OCH3 is 1. The Balaban J connectivity index is 2.14. The van der Waals surface area contributed by atoms with E-state index in [4.69, 9.17) is 4.74 Å². The summed E-state index contributed by atoms with van der Waals surface area (Å²) in [6.07, 6.45) is 8.85. The first kappa shape index (κ1) is 13.5. The summed E-state index contributed by atoms with van der Waals surface area (Å²) in [6, 6.07) is 0. The minimum absolute atomic E-state index is 0.0446. The number of amides is 1. The summed E-state index contributed by atoms with van der Waals surface area (Å²) in [6.45, 7) is 3.09. The summed E-state index contributed by atoms with van der Waals surface area (Å²) in [5.41, 5.74) is 0. The van der Waals surface area contributed by atoms with E-state index in [1.807, 2.05) is 4.90 Å². The van der Waals surface area contributed by atoms with Crippen LogP contribution in [0, 0.1) is 0 Å². The Labute approximate surface area is 99.1 Å². The molecule has 0 saturated carbocycles. The maximum absolute atomic E-state index is 11.9. The SMILES string of the molecule is CCCCCCCC(=O)N1CCCC1OC. The highest BCUT2D eigenvalue weighted by atomic mass is 16.5. The highest BCUT2D eigenvalue weighted by Crippen LogP contribution is 2.19. The van der Waals surface area contributed by atoms with Gasteiger partial charge in [0.25, 0.3) is 0 Å². The summed E-state index contributed by atoms with van der Waals surface area (Å²) >= 11 is 0. The van der Waals surface area contributed by atoms with Crippen LogP contribution in [0.15, 0.2) is 0 Å². The molecule has 1 amide bonds. The zero-order chi connectivity index (χ0) is 11.8. The molecule has 1 saturated heterocycles. The number of carbonyl (C=O) groups is 1. The van der Waals surface area contributed by atoms with Crippen molar-refractivity contribution in [2.24, 2.45) is 0 Å². The molecule has 0 spiro atoms. The van der Waals surface area contributed by atoms with E-state index in [0.717, 1.165) is 25.8 Å². The van der Waals surface area contributed by atoms with Gasteiger partial charge in [-0.1, -0.05) is 32.6 Å². The van der Waals surface area contributed by atoms with Crippen molar-refractivity contribution in [2.45, 2.75) is 64.5 Å². The van der Waals surface area contributed by atoms with Gasteiger partial charge in [-0.2, -0.15) is 0 Å². The Morgan fingerprint density at radius 1 is 1.31 bits per heavy atom. The van der Waals surface area contributed by atoms with Gasteiger partial charge in [-0.25, -0.2) is 0 Å². The molecule has 0 N–H and O–H groups in total. The summed E-state index contributed by atoms with van der Waals surface area (Å²) in [7, 11) is 1.69. The Bertz CT molecular complexity index is 206. The van der Waals surface area contributed by atoms with Crippen molar-refractivity contribution in [3.8, 4) is 0 Å². The zero-order valence-electron chi connectivity index (χ0n) is 10.7. The van der Waals surface area contributed by atoms with Gasteiger partial charge in [0.1, 0.15) is 6.23 Å². The van der Waals surface area contributed by atoms with Gasteiger partial charge >= 0.3 is 0 Å². The number of unbranched alkanes of at least 4 members (excludes halogenated alkanes) is 4. The number of ether oxygens (including phenoxy) is 1. The molecule has 1 rings (SSSR count). The van der Waals surface area contributed by atoms with E-state index in [9.17, 15) is 4.79 Å². The molecule has 0 aromatic rings. The average molecular weight is 227 g/mol. The first-order chi connectivity index (χ1) is 7.79. The van der Waals surface area contributed by atoms with Crippen molar-refractivity contribution in [1.82, 2.24) is 4.90 Å². The molecule has 3 nitrogen and oxygen atoms in total. The molecule has 1 aliphatic heterocycles. The molecule has 94 valence electrons. The van der Waals surface area contributed by atoms with Crippen molar-refractivity contribution in [1.29, 1.82) is 0 Å². The molecule has 1 atom stereocenters. The third kappa shape index (κ3) is 4.12. The number of likely N-dealkylation sites (tertiary alicyclic amines) is 1. The Hall–Kier alpha value is -0.570. The van der Waals surface area contributed by atoms with E-state index in [1.54, 1.807) is 7.11 Å². The first-order valence-corrected chi connectivity index (χ1v) is 6.62. The van der Waals surface area contributed by atoms with Gasteiger partial charge in [-0.05, 0) is 19.3 Å². The second-order valence-electron chi connectivity index (χ2n) is 4.58. The molecule has 0 radical (unpaired) electrons. The number of hydrogen-bond donors (Lipinski definition) is 0. The second kappa shape index (κ2) is 7.66. The van der Waals surface area contributed by atoms with Gasteiger partial charge in [0.15, 0.2) is 0 Å². The third-order valence-corrected chi connectivity index (χ3v) is 3.28. The van der Waals surface area contributed by atoms with Crippen LogP contribution in [-0.2, 0) is 9.53 Å². The van der Waals surface area contributed by atoms with Crippen molar-refractivity contribution in [3.05, 3.63) is 0 Å². The van der Waals surface area contributed by atoms with Gasteiger partial charge in [-0.15, -0.1) is 0 Å². The second-order valence-corrected chi connectivity index (χ2v) is 4.58. The minimum Gasteiger partial charge on any atom is -0.362 e. The molecular weight excluding hydrogens is 202 g/mol. The predicted molar refractivity (Wildman–Crippen MR) is 65.1 cm³/mol. The van der Waals surface area contributed by atoms with Crippen molar-refractivity contribution in [2.75, 3.05) is 13.7 Å². The first-order valence-electron chi connectivity index (χ1n) is 6.62. The molecule has 0 aromatic carbocycles. The van der Waals surface area contributed by atoms with Crippen LogP contribution in [0.2, 0.25) is 0 Å². The predicted octanol–water partition coefficient (Wildman–Crippen LogP) is 2.94. The topological polar surface area (TPSA) is 29.5 Å². The molecule has 1 unspecified atom stereocenters. The van der Waals surface area contributed by atoms with Gasteiger partial charge in [0.2, 0.25) is 5.91 Å². The molecule has 3 heteroatoms. The van der Waals surface area contributed by atoms with Crippen molar-refractivity contribution < 1.29 is 9.53 Å². The van der Waals surface area contributed by atoms with E-state index in [-0.39, 0.29) is 12.1 Å². The van der Waals surface area contributed by atoms with E-state index in [0.29, 0.717) is 6.42 Å². The fraction of sp³-hybridized carbons (Fsp3) is 0.923. The number of nitrogens with zero attached hydrogens (tertiary/aromatic N) is 1. The summed E-state index contributed by atoms with van der Waals surface area (Å²) < 4.78 is 5.29. The standard InChI is InChI=1S/C13H25NO2/c1-3-4-5-6-7-9-12(15)14-11-8-10-13(14)16-2/h13H,3-11H2,1-2H3. The number of hydrogen-bond acceptors (Lipinski definition) is 2. The van der Waals surface area contributed by atoms with Crippen LogP contribution in [0.25, 0.3) is 0 Å². The molecule has 1 fully saturated rings. The van der Waals surface area contributed by atoms with Crippen LogP contribution in [0.3, 0.4) is 0 Å². The van der Waals surface area contributed by atoms with Crippen LogP contribution in [0.5, 0.6) is 0 Å². The highest BCUT2D eigenvalue weighted by Gasteiger charge is 2.27. The van der Waals surface area contributed by atoms with Gasteiger partial charge in [0.05, 0.1) is 0 Å². The fourth-order valence-corrected chi connectivity index (χ4v) is 2.29. The van der Waals surface area contributed by atoms with E-state index < -0.39 is 0 Å². The summed E-state index contributed by atoms with van der Waals surface area (Å²) in [5, 5.41) is 0. The number of rotatable bonds is 7. The van der Waals surface area contributed by atoms with Crippen LogP contribution in [0.4, 0.5) is 0 Å². The smallest absolute Gasteiger partial charge is 0.224 e.